The van der Waals surface area contributed by atoms with E-state index >= 15 is 0 Å². The Bertz CT molecular complexity index is 383. The van der Waals surface area contributed by atoms with Gasteiger partial charge in [-0.05, 0) is 57.5 Å². The molecule has 0 saturated carbocycles. The number of hydrogen-bond donors (Lipinski definition) is 1. The molecule has 18 heavy (non-hydrogen) atoms. The Kier molecular flexibility index (Phi) is 4.66. The van der Waals surface area contributed by atoms with Crippen LogP contribution in [0.2, 0.25) is 0 Å². The van der Waals surface area contributed by atoms with Gasteiger partial charge in [0.25, 0.3) is 0 Å². The SMILES string of the molecule is CC(NCC1CCCN(C)C1)c1cncc(F)c1. The van der Waals surface area contributed by atoms with Crippen LogP contribution < -0.4 is 5.32 Å². The van der Waals surface area contributed by atoms with Crippen LogP contribution in [0.25, 0.3) is 0 Å². The van der Waals surface area contributed by atoms with Gasteiger partial charge in [0.05, 0.1) is 6.20 Å². The van der Waals surface area contributed by atoms with Gasteiger partial charge in [-0.25, -0.2) is 4.39 Å². The summed E-state index contributed by atoms with van der Waals surface area (Å²) in [5, 5.41) is 3.48. The number of pyridine rings is 1. The third kappa shape index (κ3) is 3.75. The molecule has 2 unspecified atom stereocenters. The van der Waals surface area contributed by atoms with Crippen molar-refractivity contribution in [1.29, 1.82) is 0 Å². The molecule has 0 bridgehead atoms. The van der Waals surface area contributed by atoms with Crippen molar-refractivity contribution in [2.45, 2.75) is 25.8 Å². The smallest absolute Gasteiger partial charge is 0.141 e. The number of nitrogens with one attached hydrogen (secondary N) is 1. The molecular weight excluding hydrogens is 229 g/mol. The number of rotatable bonds is 4. The van der Waals surface area contributed by atoms with Gasteiger partial charge in [0.15, 0.2) is 0 Å². The maximum atomic E-state index is 13.1. The van der Waals surface area contributed by atoms with Crippen molar-refractivity contribution >= 4 is 0 Å². The zero-order chi connectivity index (χ0) is 13.0. The van der Waals surface area contributed by atoms with Gasteiger partial charge in [0.1, 0.15) is 5.82 Å². The van der Waals surface area contributed by atoms with Crippen LogP contribution in [0.1, 0.15) is 31.4 Å². The highest BCUT2D eigenvalue weighted by Gasteiger charge is 2.17. The molecule has 2 rings (SSSR count). The third-order valence-corrected chi connectivity index (χ3v) is 3.66. The Morgan fingerprint density at radius 2 is 2.39 bits per heavy atom. The van der Waals surface area contributed by atoms with Crippen molar-refractivity contribution in [2.75, 3.05) is 26.7 Å². The highest BCUT2D eigenvalue weighted by molar-refractivity contribution is 5.14. The van der Waals surface area contributed by atoms with Gasteiger partial charge in [0.2, 0.25) is 0 Å². The van der Waals surface area contributed by atoms with Gasteiger partial charge in [-0.15, -0.1) is 0 Å². The quantitative estimate of drug-likeness (QED) is 0.889. The molecule has 1 aromatic heterocycles. The summed E-state index contributed by atoms with van der Waals surface area (Å²) in [5.41, 5.74) is 0.916. The first kappa shape index (κ1) is 13.4. The Morgan fingerprint density at radius 3 is 3.11 bits per heavy atom. The summed E-state index contributed by atoms with van der Waals surface area (Å²) in [6.07, 6.45) is 5.53. The standard InChI is InChI=1S/C14H22FN3/c1-11(13-6-14(15)9-16-8-13)17-7-12-4-3-5-18(2)10-12/h6,8-9,11-12,17H,3-5,7,10H2,1-2H3. The Balaban J connectivity index is 1.82. The van der Waals surface area contributed by atoms with Crippen molar-refractivity contribution in [3.8, 4) is 0 Å². The molecule has 0 radical (unpaired) electrons. The zero-order valence-electron chi connectivity index (χ0n) is 11.2. The lowest BCUT2D eigenvalue weighted by molar-refractivity contribution is 0.203. The monoisotopic (exact) mass is 251 g/mol. The molecule has 1 N–H and O–H groups in total. The second-order valence-corrected chi connectivity index (χ2v) is 5.34. The van der Waals surface area contributed by atoms with E-state index < -0.39 is 0 Å². The Hall–Kier alpha value is -1.00. The maximum Gasteiger partial charge on any atom is 0.141 e. The third-order valence-electron chi connectivity index (χ3n) is 3.66. The molecule has 0 aromatic carbocycles. The van der Waals surface area contributed by atoms with E-state index in [4.69, 9.17) is 0 Å². The van der Waals surface area contributed by atoms with E-state index in [1.54, 1.807) is 12.3 Å². The van der Waals surface area contributed by atoms with Crippen LogP contribution >= 0.6 is 0 Å². The summed E-state index contributed by atoms with van der Waals surface area (Å²) in [6.45, 7) is 5.41. The fraction of sp³-hybridized carbons (Fsp3) is 0.643. The van der Waals surface area contributed by atoms with E-state index in [9.17, 15) is 4.39 Å². The van der Waals surface area contributed by atoms with Crippen molar-refractivity contribution in [3.05, 3.63) is 29.8 Å². The summed E-state index contributed by atoms with van der Waals surface area (Å²) in [6, 6.07) is 1.71. The predicted molar refractivity (Wildman–Crippen MR) is 70.8 cm³/mol. The minimum Gasteiger partial charge on any atom is -0.310 e. The summed E-state index contributed by atoms with van der Waals surface area (Å²) in [5.74, 6) is 0.436. The largest absolute Gasteiger partial charge is 0.310 e. The Morgan fingerprint density at radius 1 is 1.56 bits per heavy atom. The molecule has 0 amide bonds. The fourth-order valence-electron chi connectivity index (χ4n) is 2.57. The van der Waals surface area contributed by atoms with E-state index in [1.165, 1.54) is 25.6 Å². The van der Waals surface area contributed by atoms with Gasteiger partial charge in [0, 0.05) is 18.8 Å². The van der Waals surface area contributed by atoms with Crippen LogP contribution in [0.3, 0.4) is 0 Å². The Labute approximate surface area is 108 Å². The highest BCUT2D eigenvalue weighted by atomic mass is 19.1. The lowest BCUT2D eigenvalue weighted by Crippen LogP contribution is -2.38. The lowest BCUT2D eigenvalue weighted by atomic mass is 9.98. The van der Waals surface area contributed by atoms with Gasteiger partial charge < -0.3 is 10.2 Å². The molecule has 2 heterocycles. The predicted octanol–water partition coefficient (Wildman–Crippen LogP) is 2.21. The first-order valence-electron chi connectivity index (χ1n) is 6.67. The average molecular weight is 251 g/mol. The first-order valence-corrected chi connectivity index (χ1v) is 6.67. The van der Waals surface area contributed by atoms with E-state index in [-0.39, 0.29) is 11.9 Å². The van der Waals surface area contributed by atoms with Crippen LogP contribution in [0, 0.1) is 11.7 Å². The molecule has 1 aromatic rings. The number of halogens is 1. The molecule has 0 spiro atoms. The van der Waals surface area contributed by atoms with Crippen molar-refractivity contribution in [1.82, 2.24) is 15.2 Å². The van der Waals surface area contributed by atoms with Gasteiger partial charge in [-0.1, -0.05) is 0 Å². The number of likely N-dealkylation sites (tertiary alicyclic amines) is 1. The van der Waals surface area contributed by atoms with E-state index in [1.807, 2.05) is 0 Å². The zero-order valence-corrected chi connectivity index (χ0v) is 11.2. The molecule has 1 aliphatic heterocycles. The molecule has 1 fully saturated rings. The molecule has 3 nitrogen and oxygen atoms in total. The van der Waals surface area contributed by atoms with Crippen LogP contribution in [0.4, 0.5) is 4.39 Å². The molecule has 0 aliphatic carbocycles. The number of hydrogen-bond acceptors (Lipinski definition) is 3. The van der Waals surface area contributed by atoms with Crippen LogP contribution in [-0.4, -0.2) is 36.6 Å². The topological polar surface area (TPSA) is 28.2 Å². The van der Waals surface area contributed by atoms with Gasteiger partial charge >= 0.3 is 0 Å². The van der Waals surface area contributed by atoms with Crippen LogP contribution in [-0.2, 0) is 0 Å². The summed E-state index contributed by atoms with van der Waals surface area (Å²) in [7, 11) is 2.17. The average Bonchev–Trinajstić information content (AvgIpc) is 2.36. The van der Waals surface area contributed by atoms with E-state index in [2.05, 4.69) is 29.2 Å². The second-order valence-electron chi connectivity index (χ2n) is 5.34. The molecule has 4 heteroatoms. The van der Waals surface area contributed by atoms with Crippen molar-refractivity contribution < 1.29 is 4.39 Å². The van der Waals surface area contributed by atoms with Gasteiger partial charge in [-0.2, -0.15) is 0 Å². The summed E-state index contributed by atoms with van der Waals surface area (Å²) >= 11 is 0. The summed E-state index contributed by atoms with van der Waals surface area (Å²) < 4.78 is 13.1. The van der Waals surface area contributed by atoms with Crippen LogP contribution in [0.5, 0.6) is 0 Å². The van der Waals surface area contributed by atoms with Gasteiger partial charge in [-0.3, -0.25) is 4.98 Å². The fourth-order valence-corrected chi connectivity index (χ4v) is 2.57. The van der Waals surface area contributed by atoms with Crippen molar-refractivity contribution in [2.24, 2.45) is 5.92 Å². The first-order chi connectivity index (χ1) is 8.65. The molecule has 100 valence electrons. The van der Waals surface area contributed by atoms with Crippen molar-refractivity contribution in [3.63, 3.8) is 0 Å². The van der Waals surface area contributed by atoms with E-state index in [0.29, 0.717) is 5.92 Å². The highest BCUT2D eigenvalue weighted by Crippen LogP contribution is 2.17. The summed E-state index contributed by atoms with van der Waals surface area (Å²) in [4.78, 5) is 6.27. The van der Waals surface area contributed by atoms with E-state index in [0.717, 1.165) is 18.7 Å². The molecule has 1 saturated heterocycles. The molecular formula is C14H22FN3. The lowest BCUT2D eigenvalue weighted by Gasteiger charge is -2.30. The minimum atomic E-state index is -0.265. The molecule has 1 aliphatic rings. The normalized spacial score (nSPS) is 22.9. The van der Waals surface area contributed by atoms with Crippen LogP contribution in [0.15, 0.2) is 18.5 Å². The molecule has 2 atom stereocenters. The number of nitrogens with zero attached hydrogens (tertiary/aromatic N) is 2. The number of aromatic nitrogens is 1. The maximum absolute atomic E-state index is 13.1. The second kappa shape index (κ2) is 6.25. The number of piperidine rings is 1. The minimum absolute atomic E-state index is 0.153.